The molecule has 0 saturated carbocycles. The molecule has 0 aliphatic carbocycles. The summed E-state index contributed by atoms with van der Waals surface area (Å²) in [7, 11) is 1.78. The Morgan fingerprint density at radius 3 is 3.00 bits per heavy atom. The van der Waals surface area contributed by atoms with E-state index in [0.29, 0.717) is 6.10 Å². The molecule has 0 N–H and O–H groups in total. The van der Waals surface area contributed by atoms with Gasteiger partial charge in [0, 0.05) is 36.2 Å². The van der Waals surface area contributed by atoms with Crippen molar-refractivity contribution in [3.8, 4) is 0 Å². The highest BCUT2D eigenvalue weighted by atomic mass is 79.9. The molecule has 88 valence electrons. The Labute approximate surface area is 110 Å². The maximum atomic E-state index is 6.19. The first-order chi connectivity index (χ1) is 7.69. The van der Waals surface area contributed by atoms with Crippen molar-refractivity contribution in [3.63, 3.8) is 0 Å². The highest BCUT2D eigenvalue weighted by Crippen LogP contribution is 2.24. The third-order valence-corrected chi connectivity index (χ3v) is 3.82. The lowest BCUT2D eigenvalue weighted by Crippen LogP contribution is -2.22. The molecular formula is C12H15BrClNO. The van der Waals surface area contributed by atoms with Gasteiger partial charge in [-0.25, -0.2) is 0 Å². The van der Waals surface area contributed by atoms with Crippen LogP contribution in [0, 0.1) is 0 Å². The van der Waals surface area contributed by atoms with E-state index in [1.165, 1.54) is 5.56 Å². The zero-order chi connectivity index (χ0) is 11.5. The first-order valence-electron chi connectivity index (χ1n) is 5.38. The van der Waals surface area contributed by atoms with Gasteiger partial charge in [0.2, 0.25) is 0 Å². The van der Waals surface area contributed by atoms with Crippen LogP contribution in [-0.4, -0.2) is 31.2 Å². The van der Waals surface area contributed by atoms with Gasteiger partial charge in [-0.15, -0.1) is 0 Å². The lowest BCUT2D eigenvalue weighted by atomic mass is 10.2. The summed E-state index contributed by atoms with van der Waals surface area (Å²) in [6.45, 7) is 3.00. The summed E-state index contributed by atoms with van der Waals surface area (Å²) in [5, 5.41) is 0.829. The van der Waals surface area contributed by atoms with Gasteiger partial charge in [-0.3, -0.25) is 4.90 Å². The molecule has 16 heavy (non-hydrogen) atoms. The summed E-state index contributed by atoms with van der Waals surface area (Å²) in [6, 6.07) is 6.05. The molecule has 0 unspecified atom stereocenters. The van der Waals surface area contributed by atoms with E-state index in [0.717, 1.165) is 35.6 Å². The van der Waals surface area contributed by atoms with Crippen molar-refractivity contribution in [2.24, 2.45) is 0 Å². The number of rotatable bonds is 3. The van der Waals surface area contributed by atoms with E-state index in [1.807, 2.05) is 12.1 Å². The van der Waals surface area contributed by atoms with Crippen molar-refractivity contribution in [3.05, 3.63) is 33.3 Å². The zero-order valence-corrected chi connectivity index (χ0v) is 11.6. The Bertz CT molecular complexity index is 372. The van der Waals surface area contributed by atoms with Crippen LogP contribution in [0.5, 0.6) is 0 Å². The van der Waals surface area contributed by atoms with Crippen molar-refractivity contribution in [1.82, 2.24) is 4.90 Å². The summed E-state index contributed by atoms with van der Waals surface area (Å²) in [6.07, 6.45) is 1.50. The van der Waals surface area contributed by atoms with Gasteiger partial charge in [0.25, 0.3) is 0 Å². The second kappa shape index (κ2) is 5.50. The van der Waals surface area contributed by atoms with Crippen molar-refractivity contribution in [2.45, 2.75) is 19.1 Å². The average Bonchev–Trinajstić information content (AvgIpc) is 2.70. The minimum Gasteiger partial charge on any atom is -0.380 e. The average molecular weight is 305 g/mol. The SMILES string of the molecule is CO[C@@H]1CCN(Cc2ccc(Br)cc2Cl)C1. The minimum absolute atomic E-state index is 0.384. The Kier molecular flexibility index (Phi) is 4.25. The Balaban J connectivity index is 1.99. The molecule has 1 atom stereocenters. The van der Waals surface area contributed by atoms with Crippen LogP contribution < -0.4 is 0 Å². The van der Waals surface area contributed by atoms with E-state index in [4.69, 9.17) is 16.3 Å². The van der Waals surface area contributed by atoms with E-state index in [-0.39, 0.29) is 0 Å². The zero-order valence-electron chi connectivity index (χ0n) is 9.25. The van der Waals surface area contributed by atoms with Crippen LogP contribution in [0.25, 0.3) is 0 Å². The third kappa shape index (κ3) is 2.98. The van der Waals surface area contributed by atoms with E-state index in [2.05, 4.69) is 26.9 Å². The smallest absolute Gasteiger partial charge is 0.0710 e. The fourth-order valence-electron chi connectivity index (χ4n) is 2.02. The van der Waals surface area contributed by atoms with E-state index in [9.17, 15) is 0 Å². The molecule has 0 spiro atoms. The molecule has 1 aromatic rings. The number of nitrogens with zero attached hydrogens (tertiary/aromatic N) is 1. The van der Waals surface area contributed by atoms with Crippen molar-refractivity contribution < 1.29 is 4.74 Å². The van der Waals surface area contributed by atoms with Crippen LogP contribution in [0.4, 0.5) is 0 Å². The molecule has 1 aliphatic rings. The lowest BCUT2D eigenvalue weighted by Gasteiger charge is -2.16. The fourth-order valence-corrected chi connectivity index (χ4v) is 2.76. The number of likely N-dealkylation sites (tertiary alicyclic amines) is 1. The van der Waals surface area contributed by atoms with Gasteiger partial charge in [-0.05, 0) is 24.1 Å². The number of hydrogen-bond donors (Lipinski definition) is 0. The molecule has 2 nitrogen and oxygen atoms in total. The first-order valence-corrected chi connectivity index (χ1v) is 6.55. The Morgan fingerprint density at radius 2 is 2.38 bits per heavy atom. The number of methoxy groups -OCH3 is 1. The number of halogens is 2. The predicted octanol–water partition coefficient (Wildman–Crippen LogP) is 3.32. The second-order valence-corrected chi connectivity index (χ2v) is 5.44. The molecule has 0 aromatic heterocycles. The molecule has 1 aliphatic heterocycles. The molecule has 0 amide bonds. The standard InChI is InChI=1S/C12H15BrClNO/c1-16-11-4-5-15(8-11)7-9-2-3-10(13)6-12(9)14/h2-3,6,11H,4-5,7-8H2,1H3/t11-/m1/s1. The van der Waals surface area contributed by atoms with Crippen LogP contribution >= 0.6 is 27.5 Å². The topological polar surface area (TPSA) is 12.5 Å². The number of benzene rings is 1. The Morgan fingerprint density at radius 1 is 1.56 bits per heavy atom. The lowest BCUT2D eigenvalue weighted by molar-refractivity contribution is 0.107. The maximum Gasteiger partial charge on any atom is 0.0710 e. The predicted molar refractivity (Wildman–Crippen MR) is 69.8 cm³/mol. The molecule has 2 rings (SSSR count). The van der Waals surface area contributed by atoms with Gasteiger partial charge in [0.05, 0.1) is 6.10 Å². The van der Waals surface area contributed by atoms with E-state index >= 15 is 0 Å². The van der Waals surface area contributed by atoms with E-state index < -0.39 is 0 Å². The molecule has 1 fully saturated rings. The van der Waals surface area contributed by atoms with Crippen molar-refractivity contribution in [2.75, 3.05) is 20.2 Å². The van der Waals surface area contributed by atoms with Gasteiger partial charge < -0.3 is 4.74 Å². The summed E-state index contributed by atoms with van der Waals surface area (Å²) in [4.78, 5) is 2.38. The van der Waals surface area contributed by atoms with Gasteiger partial charge >= 0.3 is 0 Å². The van der Waals surface area contributed by atoms with Crippen LogP contribution in [0.1, 0.15) is 12.0 Å². The normalized spacial score (nSPS) is 21.6. The first kappa shape index (κ1) is 12.4. The largest absolute Gasteiger partial charge is 0.380 e. The highest BCUT2D eigenvalue weighted by molar-refractivity contribution is 9.10. The summed E-state index contributed by atoms with van der Waals surface area (Å²) < 4.78 is 6.37. The fraction of sp³-hybridized carbons (Fsp3) is 0.500. The van der Waals surface area contributed by atoms with Crippen molar-refractivity contribution in [1.29, 1.82) is 0 Å². The molecule has 1 aromatic carbocycles. The molecule has 4 heteroatoms. The summed E-state index contributed by atoms with van der Waals surface area (Å²) in [5.41, 5.74) is 1.18. The molecule has 0 bridgehead atoms. The van der Waals surface area contributed by atoms with Crippen LogP contribution in [-0.2, 0) is 11.3 Å². The van der Waals surface area contributed by atoms with Gasteiger partial charge in [-0.1, -0.05) is 33.6 Å². The highest BCUT2D eigenvalue weighted by Gasteiger charge is 2.22. The van der Waals surface area contributed by atoms with Crippen molar-refractivity contribution >= 4 is 27.5 Å². The van der Waals surface area contributed by atoms with Crippen LogP contribution in [0.2, 0.25) is 5.02 Å². The van der Waals surface area contributed by atoms with Crippen LogP contribution in [0.15, 0.2) is 22.7 Å². The summed E-state index contributed by atoms with van der Waals surface area (Å²) in [5.74, 6) is 0. The van der Waals surface area contributed by atoms with E-state index in [1.54, 1.807) is 7.11 Å². The molecule has 0 radical (unpaired) electrons. The van der Waals surface area contributed by atoms with Gasteiger partial charge in [0.15, 0.2) is 0 Å². The Hall–Kier alpha value is -0.0900. The third-order valence-electron chi connectivity index (χ3n) is 2.97. The molecular weight excluding hydrogens is 289 g/mol. The number of ether oxygens (including phenoxy) is 1. The number of hydrogen-bond acceptors (Lipinski definition) is 2. The quantitative estimate of drug-likeness (QED) is 0.849. The van der Waals surface area contributed by atoms with Gasteiger partial charge in [-0.2, -0.15) is 0 Å². The monoisotopic (exact) mass is 303 g/mol. The summed E-state index contributed by atoms with van der Waals surface area (Å²) >= 11 is 9.60. The van der Waals surface area contributed by atoms with Gasteiger partial charge in [0.1, 0.15) is 0 Å². The molecule has 1 heterocycles. The minimum atomic E-state index is 0.384. The van der Waals surface area contributed by atoms with Crippen LogP contribution in [0.3, 0.4) is 0 Å². The maximum absolute atomic E-state index is 6.19. The second-order valence-electron chi connectivity index (χ2n) is 4.12. The molecule has 1 saturated heterocycles.